The van der Waals surface area contributed by atoms with Gasteiger partial charge in [-0.25, -0.2) is 4.79 Å². The van der Waals surface area contributed by atoms with Gasteiger partial charge in [0.05, 0.1) is 24.5 Å². The number of methoxy groups -OCH3 is 1. The molecular formula is C15H10O5. The number of esters is 1. The maximum atomic E-state index is 12.2. The largest absolute Gasteiger partial charge is 0.465 e. The zero-order chi connectivity index (χ0) is 14.1. The van der Waals surface area contributed by atoms with E-state index in [0.29, 0.717) is 22.6 Å². The Morgan fingerprint density at radius 1 is 1.30 bits per heavy atom. The first kappa shape index (κ1) is 12.2. The highest BCUT2D eigenvalue weighted by Gasteiger charge is 2.28. The maximum absolute atomic E-state index is 12.2. The summed E-state index contributed by atoms with van der Waals surface area (Å²) < 4.78 is 15.2. The van der Waals surface area contributed by atoms with Crippen LogP contribution < -0.4 is 4.74 Å². The van der Waals surface area contributed by atoms with E-state index in [1.807, 2.05) is 0 Å². The van der Waals surface area contributed by atoms with Crippen LogP contribution in [0, 0.1) is 0 Å². The Morgan fingerprint density at radius 2 is 2.15 bits per heavy atom. The molecule has 0 fully saturated rings. The SMILES string of the molecule is COC(=O)c1ccc2c(c1)C(=O)/C(=C/c1ccco1)O2. The summed E-state index contributed by atoms with van der Waals surface area (Å²) in [6, 6.07) is 8.02. The normalized spacial score (nSPS) is 15.1. The molecule has 0 bridgehead atoms. The number of fused-ring (bicyclic) bond motifs is 1. The summed E-state index contributed by atoms with van der Waals surface area (Å²) in [6.45, 7) is 0. The van der Waals surface area contributed by atoms with Crippen molar-refractivity contribution in [2.24, 2.45) is 0 Å². The Morgan fingerprint density at radius 3 is 2.85 bits per heavy atom. The van der Waals surface area contributed by atoms with E-state index < -0.39 is 5.97 Å². The van der Waals surface area contributed by atoms with Crippen molar-refractivity contribution in [2.45, 2.75) is 0 Å². The van der Waals surface area contributed by atoms with E-state index in [0.717, 1.165) is 0 Å². The third-order valence-corrected chi connectivity index (χ3v) is 2.91. The molecule has 3 rings (SSSR count). The minimum absolute atomic E-state index is 0.164. The zero-order valence-electron chi connectivity index (χ0n) is 10.6. The predicted molar refractivity (Wildman–Crippen MR) is 69.4 cm³/mol. The highest BCUT2D eigenvalue weighted by Crippen LogP contribution is 2.32. The van der Waals surface area contributed by atoms with Gasteiger partial charge in [-0.1, -0.05) is 0 Å². The van der Waals surface area contributed by atoms with Gasteiger partial charge in [0, 0.05) is 6.08 Å². The molecule has 2 aromatic rings. The van der Waals surface area contributed by atoms with Gasteiger partial charge in [0.25, 0.3) is 0 Å². The van der Waals surface area contributed by atoms with Gasteiger partial charge < -0.3 is 13.9 Å². The second kappa shape index (κ2) is 4.70. The number of rotatable bonds is 2. The summed E-state index contributed by atoms with van der Waals surface area (Å²) in [5.41, 5.74) is 0.646. The summed E-state index contributed by atoms with van der Waals surface area (Å²) >= 11 is 0. The number of carbonyl (C=O) groups is 2. The highest BCUT2D eigenvalue weighted by atomic mass is 16.5. The first-order valence-electron chi connectivity index (χ1n) is 5.89. The van der Waals surface area contributed by atoms with E-state index >= 15 is 0 Å². The quantitative estimate of drug-likeness (QED) is 0.620. The van der Waals surface area contributed by atoms with E-state index in [1.165, 1.54) is 25.5 Å². The Bertz CT molecular complexity index is 710. The first-order valence-corrected chi connectivity index (χ1v) is 5.89. The molecule has 1 aromatic heterocycles. The minimum Gasteiger partial charge on any atom is -0.465 e. The van der Waals surface area contributed by atoms with Crippen molar-refractivity contribution in [3.05, 3.63) is 59.2 Å². The number of hydrogen-bond acceptors (Lipinski definition) is 5. The maximum Gasteiger partial charge on any atom is 0.337 e. The average molecular weight is 270 g/mol. The van der Waals surface area contributed by atoms with Crippen LogP contribution >= 0.6 is 0 Å². The second-order valence-corrected chi connectivity index (χ2v) is 4.16. The predicted octanol–water partition coefficient (Wildman–Crippen LogP) is 2.68. The lowest BCUT2D eigenvalue weighted by Gasteiger charge is -2.00. The highest BCUT2D eigenvalue weighted by molar-refractivity contribution is 6.15. The minimum atomic E-state index is -0.496. The molecular weight excluding hydrogens is 260 g/mol. The van der Waals surface area contributed by atoms with Crippen LogP contribution in [0.25, 0.3) is 6.08 Å². The van der Waals surface area contributed by atoms with Crippen molar-refractivity contribution in [1.29, 1.82) is 0 Å². The molecule has 2 heterocycles. The molecule has 0 saturated carbocycles. The molecule has 0 saturated heterocycles. The first-order chi connectivity index (χ1) is 9.69. The number of ether oxygens (including phenoxy) is 2. The Hall–Kier alpha value is -2.82. The lowest BCUT2D eigenvalue weighted by molar-refractivity contribution is 0.0600. The number of ketones is 1. The van der Waals surface area contributed by atoms with Gasteiger partial charge in [0.1, 0.15) is 11.5 Å². The molecule has 100 valence electrons. The number of furan rings is 1. The molecule has 1 aromatic carbocycles. The summed E-state index contributed by atoms with van der Waals surface area (Å²) in [4.78, 5) is 23.7. The molecule has 0 atom stereocenters. The molecule has 5 nitrogen and oxygen atoms in total. The van der Waals surface area contributed by atoms with Gasteiger partial charge in [-0.05, 0) is 30.3 Å². The summed E-state index contributed by atoms with van der Waals surface area (Å²) in [5, 5.41) is 0. The monoisotopic (exact) mass is 270 g/mol. The van der Waals surface area contributed by atoms with Crippen LogP contribution in [-0.4, -0.2) is 18.9 Å². The van der Waals surface area contributed by atoms with Crippen LogP contribution in [-0.2, 0) is 4.74 Å². The fraction of sp³-hybridized carbons (Fsp3) is 0.0667. The van der Waals surface area contributed by atoms with Crippen molar-refractivity contribution in [3.8, 4) is 5.75 Å². The lowest BCUT2D eigenvalue weighted by atomic mass is 10.1. The zero-order valence-corrected chi connectivity index (χ0v) is 10.6. The van der Waals surface area contributed by atoms with Crippen LogP contribution in [0.4, 0.5) is 0 Å². The smallest absolute Gasteiger partial charge is 0.337 e. The van der Waals surface area contributed by atoms with Crippen molar-refractivity contribution in [3.63, 3.8) is 0 Å². The Balaban J connectivity index is 1.97. The molecule has 0 amide bonds. The molecule has 1 aliphatic heterocycles. The standard InChI is InChI=1S/C15H10O5/c1-18-15(17)9-4-5-12-11(7-9)14(16)13(20-12)8-10-3-2-6-19-10/h2-8H,1H3/b13-8-. The number of benzene rings is 1. The van der Waals surface area contributed by atoms with E-state index in [9.17, 15) is 9.59 Å². The fourth-order valence-corrected chi connectivity index (χ4v) is 1.94. The molecule has 0 N–H and O–H groups in total. The van der Waals surface area contributed by atoms with Crippen molar-refractivity contribution < 1.29 is 23.5 Å². The molecule has 0 aliphatic carbocycles. The van der Waals surface area contributed by atoms with Crippen LogP contribution in [0.2, 0.25) is 0 Å². The number of Topliss-reactive ketones (excluding diaryl/α,β-unsaturated/α-hetero) is 1. The van der Waals surface area contributed by atoms with E-state index in [4.69, 9.17) is 9.15 Å². The van der Waals surface area contributed by atoms with Gasteiger partial charge >= 0.3 is 5.97 Å². The van der Waals surface area contributed by atoms with Gasteiger partial charge in [-0.2, -0.15) is 0 Å². The van der Waals surface area contributed by atoms with Gasteiger partial charge in [-0.3, -0.25) is 4.79 Å². The Labute approximate surface area is 114 Å². The Kier molecular flexibility index (Phi) is 2.87. The van der Waals surface area contributed by atoms with E-state index in [1.54, 1.807) is 24.3 Å². The summed E-state index contributed by atoms with van der Waals surface area (Å²) in [6.07, 6.45) is 3.02. The molecule has 1 aliphatic rings. The second-order valence-electron chi connectivity index (χ2n) is 4.16. The van der Waals surface area contributed by atoms with Crippen molar-refractivity contribution >= 4 is 17.8 Å². The van der Waals surface area contributed by atoms with Crippen LogP contribution in [0.1, 0.15) is 26.5 Å². The molecule has 0 radical (unpaired) electrons. The number of hydrogen-bond donors (Lipinski definition) is 0. The third-order valence-electron chi connectivity index (χ3n) is 2.91. The van der Waals surface area contributed by atoms with E-state index in [2.05, 4.69) is 4.74 Å². The topological polar surface area (TPSA) is 65.7 Å². The molecule has 0 unspecified atom stereocenters. The van der Waals surface area contributed by atoms with Gasteiger partial charge in [-0.15, -0.1) is 0 Å². The summed E-state index contributed by atoms with van der Waals surface area (Å²) in [7, 11) is 1.29. The van der Waals surface area contributed by atoms with Gasteiger partial charge in [0.2, 0.25) is 5.78 Å². The number of allylic oxidation sites excluding steroid dienone is 1. The van der Waals surface area contributed by atoms with Crippen LogP contribution in [0.3, 0.4) is 0 Å². The molecule has 5 heteroatoms. The number of carbonyl (C=O) groups excluding carboxylic acids is 2. The van der Waals surface area contributed by atoms with Crippen LogP contribution in [0.15, 0.2) is 46.8 Å². The molecule has 20 heavy (non-hydrogen) atoms. The average Bonchev–Trinajstić information content (AvgIpc) is 3.08. The summed E-state index contributed by atoms with van der Waals surface area (Å²) in [5.74, 6) is 0.318. The fourth-order valence-electron chi connectivity index (χ4n) is 1.94. The molecule has 0 spiro atoms. The van der Waals surface area contributed by atoms with Crippen molar-refractivity contribution in [1.82, 2.24) is 0 Å². The van der Waals surface area contributed by atoms with Gasteiger partial charge in [0.15, 0.2) is 5.76 Å². The third kappa shape index (κ3) is 1.99. The lowest BCUT2D eigenvalue weighted by Crippen LogP contribution is -2.02. The van der Waals surface area contributed by atoms with E-state index in [-0.39, 0.29) is 11.5 Å². The van der Waals surface area contributed by atoms with Crippen LogP contribution in [0.5, 0.6) is 5.75 Å². The van der Waals surface area contributed by atoms with Crippen molar-refractivity contribution in [2.75, 3.05) is 7.11 Å².